The van der Waals surface area contributed by atoms with E-state index in [1.54, 1.807) is 0 Å². The summed E-state index contributed by atoms with van der Waals surface area (Å²) in [6.45, 7) is 1.83. The molecule has 2 saturated heterocycles. The van der Waals surface area contributed by atoms with Gasteiger partial charge in [-0.25, -0.2) is 0 Å². The smallest absolute Gasteiger partial charge is 0.313 e. The Kier molecular flexibility index (Phi) is 0.990. The van der Waals surface area contributed by atoms with Crippen molar-refractivity contribution in [1.82, 2.24) is 5.32 Å². The van der Waals surface area contributed by atoms with Gasteiger partial charge in [0.25, 0.3) is 0 Å². The summed E-state index contributed by atoms with van der Waals surface area (Å²) in [6.07, 6.45) is 1.16. The first-order chi connectivity index (χ1) is 4.38. The molecule has 0 spiro atoms. The SMILES string of the molecule is O=C1OC2CNCCC12. The van der Waals surface area contributed by atoms with Crippen LogP contribution in [0.2, 0.25) is 0 Å². The highest BCUT2D eigenvalue weighted by Gasteiger charge is 2.43. The fraction of sp³-hybridized carbons (Fsp3) is 0.833. The van der Waals surface area contributed by atoms with Crippen LogP contribution in [-0.4, -0.2) is 25.2 Å². The summed E-state index contributed by atoms with van der Waals surface area (Å²) < 4.78 is 4.84. The Bertz CT molecular complexity index is 146. The summed E-state index contributed by atoms with van der Waals surface area (Å²) in [6, 6.07) is 0. The molecule has 0 aromatic heterocycles. The van der Waals surface area contributed by atoms with Crippen molar-refractivity contribution in [3.05, 3.63) is 0 Å². The van der Waals surface area contributed by atoms with Gasteiger partial charge < -0.3 is 10.1 Å². The quantitative estimate of drug-likeness (QED) is 0.447. The van der Waals surface area contributed by atoms with E-state index in [1.807, 2.05) is 0 Å². The van der Waals surface area contributed by atoms with Crippen molar-refractivity contribution in [3.63, 3.8) is 0 Å². The zero-order chi connectivity index (χ0) is 6.27. The number of hydrogen-bond donors (Lipinski definition) is 1. The van der Waals surface area contributed by atoms with Crippen LogP contribution >= 0.6 is 0 Å². The van der Waals surface area contributed by atoms with E-state index in [2.05, 4.69) is 5.32 Å². The molecule has 3 nitrogen and oxygen atoms in total. The summed E-state index contributed by atoms with van der Waals surface area (Å²) in [5, 5.41) is 3.16. The van der Waals surface area contributed by atoms with Crippen molar-refractivity contribution >= 4 is 5.97 Å². The predicted molar refractivity (Wildman–Crippen MR) is 30.9 cm³/mol. The molecule has 2 unspecified atom stereocenters. The van der Waals surface area contributed by atoms with Gasteiger partial charge in [-0.05, 0) is 13.0 Å². The van der Waals surface area contributed by atoms with Crippen molar-refractivity contribution in [1.29, 1.82) is 0 Å². The third-order valence-corrected chi connectivity index (χ3v) is 2.00. The molecule has 0 amide bonds. The molecular weight excluding hydrogens is 118 g/mol. The minimum atomic E-state index is 0.00139. The third kappa shape index (κ3) is 0.645. The van der Waals surface area contributed by atoms with Crippen LogP contribution in [0.3, 0.4) is 0 Å². The minimum Gasteiger partial charge on any atom is -0.460 e. The molecule has 0 bridgehead atoms. The van der Waals surface area contributed by atoms with Gasteiger partial charge in [0.1, 0.15) is 6.10 Å². The monoisotopic (exact) mass is 127 g/mol. The first-order valence-corrected chi connectivity index (χ1v) is 3.29. The van der Waals surface area contributed by atoms with Crippen molar-refractivity contribution in [2.24, 2.45) is 5.92 Å². The topological polar surface area (TPSA) is 38.3 Å². The predicted octanol–water partition coefficient (Wildman–Crippen LogP) is -0.479. The van der Waals surface area contributed by atoms with Gasteiger partial charge in [-0.15, -0.1) is 0 Å². The van der Waals surface area contributed by atoms with E-state index < -0.39 is 0 Å². The molecule has 0 aliphatic carbocycles. The van der Waals surface area contributed by atoms with Gasteiger partial charge in [0, 0.05) is 6.54 Å². The molecule has 2 atom stereocenters. The molecule has 1 N–H and O–H groups in total. The summed E-state index contributed by atoms with van der Waals surface area (Å²) in [5.74, 6) is 0.229. The number of carbonyl (C=O) groups is 1. The Hall–Kier alpha value is -0.570. The number of ether oxygens (including phenoxy) is 1. The lowest BCUT2D eigenvalue weighted by Gasteiger charge is -2.38. The van der Waals surface area contributed by atoms with Gasteiger partial charge in [-0.1, -0.05) is 0 Å². The maximum atomic E-state index is 10.6. The molecule has 2 rings (SSSR count). The van der Waals surface area contributed by atoms with Gasteiger partial charge >= 0.3 is 5.97 Å². The van der Waals surface area contributed by atoms with Crippen molar-refractivity contribution < 1.29 is 9.53 Å². The van der Waals surface area contributed by atoms with E-state index in [0.717, 1.165) is 19.5 Å². The second kappa shape index (κ2) is 1.70. The molecule has 2 fully saturated rings. The molecule has 0 aromatic rings. The number of carbonyl (C=O) groups excluding carboxylic acids is 1. The van der Waals surface area contributed by atoms with Crippen LogP contribution in [-0.2, 0) is 9.53 Å². The van der Waals surface area contributed by atoms with Crippen LogP contribution in [0.4, 0.5) is 0 Å². The Morgan fingerprint density at radius 3 is 3.11 bits per heavy atom. The molecule has 2 aliphatic heterocycles. The second-order valence-electron chi connectivity index (χ2n) is 2.57. The van der Waals surface area contributed by atoms with Crippen molar-refractivity contribution in [3.8, 4) is 0 Å². The summed E-state index contributed by atoms with van der Waals surface area (Å²) >= 11 is 0. The summed E-state index contributed by atoms with van der Waals surface area (Å²) in [4.78, 5) is 10.6. The molecule has 0 saturated carbocycles. The molecular formula is C6H9NO2. The first-order valence-electron chi connectivity index (χ1n) is 3.29. The number of hydrogen-bond acceptors (Lipinski definition) is 3. The highest BCUT2D eigenvalue weighted by molar-refractivity contribution is 5.78. The second-order valence-corrected chi connectivity index (χ2v) is 2.57. The fourth-order valence-corrected chi connectivity index (χ4v) is 1.39. The lowest BCUT2D eigenvalue weighted by molar-refractivity contribution is -0.186. The van der Waals surface area contributed by atoms with Gasteiger partial charge in [0.2, 0.25) is 0 Å². The van der Waals surface area contributed by atoms with E-state index in [1.165, 1.54) is 0 Å². The van der Waals surface area contributed by atoms with Crippen molar-refractivity contribution in [2.75, 3.05) is 13.1 Å². The zero-order valence-electron chi connectivity index (χ0n) is 5.09. The fourth-order valence-electron chi connectivity index (χ4n) is 1.39. The summed E-state index contributed by atoms with van der Waals surface area (Å²) in [7, 11) is 0. The molecule has 0 radical (unpaired) electrons. The number of fused-ring (bicyclic) bond motifs is 1. The van der Waals surface area contributed by atoms with Crippen LogP contribution < -0.4 is 5.32 Å². The molecule has 3 heteroatoms. The molecule has 2 aliphatic rings. The molecule has 2 heterocycles. The Balaban J connectivity index is 2.01. The maximum absolute atomic E-state index is 10.6. The maximum Gasteiger partial charge on any atom is 0.313 e. The van der Waals surface area contributed by atoms with E-state index in [9.17, 15) is 4.79 Å². The van der Waals surface area contributed by atoms with Crippen LogP contribution in [0.25, 0.3) is 0 Å². The minimum absolute atomic E-state index is 0.00139. The molecule has 9 heavy (non-hydrogen) atoms. The van der Waals surface area contributed by atoms with E-state index in [0.29, 0.717) is 0 Å². The van der Waals surface area contributed by atoms with Crippen LogP contribution in [0, 0.1) is 5.92 Å². The van der Waals surface area contributed by atoms with E-state index in [-0.39, 0.29) is 18.0 Å². The van der Waals surface area contributed by atoms with E-state index >= 15 is 0 Å². The zero-order valence-corrected chi connectivity index (χ0v) is 5.09. The lowest BCUT2D eigenvalue weighted by Crippen LogP contribution is -2.55. The standard InChI is InChI=1S/C6H9NO2/c8-6-4-1-2-7-3-5(4)9-6/h4-5,7H,1-3H2. The van der Waals surface area contributed by atoms with Gasteiger partial charge in [-0.2, -0.15) is 0 Å². The third-order valence-electron chi connectivity index (χ3n) is 2.00. The first kappa shape index (κ1) is 5.23. The molecule has 0 aromatic carbocycles. The largest absolute Gasteiger partial charge is 0.460 e. The average molecular weight is 127 g/mol. The van der Waals surface area contributed by atoms with Crippen LogP contribution in [0.15, 0.2) is 0 Å². The number of esters is 1. The number of rotatable bonds is 0. The van der Waals surface area contributed by atoms with Gasteiger partial charge in [0.15, 0.2) is 0 Å². The van der Waals surface area contributed by atoms with E-state index in [4.69, 9.17) is 4.74 Å². The van der Waals surface area contributed by atoms with Crippen LogP contribution in [0.5, 0.6) is 0 Å². The van der Waals surface area contributed by atoms with Crippen molar-refractivity contribution in [2.45, 2.75) is 12.5 Å². The highest BCUT2D eigenvalue weighted by atomic mass is 16.6. The van der Waals surface area contributed by atoms with Crippen LogP contribution in [0.1, 0.15) is 6.42 Å². The Morgan fingerprint density at radius 1 is 1.67 bits per heavy atom. The van der Waals surface area contributed by atoms with Gasteiger partial charge in [-0.3, -0.25) is 4.79 Å². The summed E-state index contributed by atoms with van der Waals surface area (Å²) in [5.41, 5.74) is 0. The number of piperidine rings is 1. The average Bonchev–Trinajstić information content (AvgIpc) is 1.86. The Labute approximate surface area is 53.4 Å². The number of nitrogens with one attached hydrogen (secondary N) is 1. The highest BCUT2D eigenvalue weighted by Crippen LogP contribution is 2.26. The Morgan fingerprint density at radius 2 is 2.56 bits per heavy atom. The molecule has 50 valence electrons. The lowest BCUT2D eigenvalue weighted by atomic mass is 9.90. The normalized spacial score (nSPS) is 40.7. The van der Waals surface area contributed by atoms with Gasteiger partial charge in [0.05, 0.1) is 5.92 Å².